The van der Waals surface area contributed by atoms with E-state index in [4.69, 9.17) is 14.4 Å². The van der Waals surface area contributed by atoms with Crippen molar-refractivity contribution in [2.75, 3.05) is 0 Å². The van der Waals surface area contributed by atoms with Crippen molar-refractivity contribution in [3.63, 3.8) is 0 Å². The van der Waals surface area contributed by atoms with Crippen LogP contribution in [-0.2, 0) is 0 Å². The second kappa shape index (κ2) is 7.93. The van der Waals surface area contributed by atoms with Gasteiger partial charge in [-0.1, -0.05) is 36.4 Å². The number of nitrogens with zero attached hydrogens (tertiary/aromatic N) is 3. The van der Waals surface area contributed by atoms with Gasteiger partial charge in [-0.25, -0.2) is 9.97 Å². The highest BCUT2D eigenvalue weighted by molar-refractivity contribution is 7.26. The van der Waals surface area contributed by atoms with Gasteiger partial charge in [-0.05, 0) is 54.6 Å². The summed E-state index contributed by atoms with van der Waals surface area (Å²) in [6.45, 7) is 0. The molecule has 0 aliphatic carbocycles. The summed E-state index contributed by atoms with van der Waals surface area (Å²) < 4.78 is 11.1. The lowest BCUT2D eigenvalue weighted by Crippen LogP contribution is -1.86. The number of hydrogen-bond donors (Lipinski definition) is 0. The zero-order chi connectivity index (χ0) is 25.5. The smallest absolute Gasteiger partial charge is 0.135 e. The Bertz CT molecular complexity index is 2250. The van der Waals surface area contributed by atoms with Crippen LogP contribution in [0.3, 0.4) is 0 Å². The average molecular weight is 536 g/mol. The molecule has 39 heavy (non-hydrogen) atoms. The van der Waals surface area contributed by atoms with Gasteiger partial charge in [-0.15, -0.1) is 22.7 Å². The summed E-state index contributed by atoms with van der Waals surface area (Å²) >= 11 is 3.54. The zero-order valence-electron chi connectivity index (χ0n) is 20.4. The number of fused-ring (bicyclic) bond motifs is 9. The normalized spacial score (nSPS) is 12.1. The standard InChI is InChI=1S/C33H17N3OS2/c1-3-7-27-20(5-1)21-13-14-34-29(32(21)38-27)18-9-11-25-23(15-18)24-16-19(10-12-26(24)37-25)30-33-31(36-17-35-30)22-6-2-4-8-28(22)39-33/h1-17H. The molecule has 0 unspecified atom stereocenters. The Hall–Kier alpha value is -4.65. The van der Waals surface area contributed by atoms with E-state index in [-0.39, 0.29) is 0 Å². The van der Waals surface area contributed by atoms with Crippen LogP contribution >= 0.6 is 22.7 Å². The molecule has 0 saturated carbocycles. The van der Waals surface area contributed by atoms with Crippen molar-refractivity contribution in [2.45, 2.75) is 0 Å². The summed E-state index contributed by atoms with van der Waals surface area (Å²) in [7, 11) is 0. The first kappa shape index (κ1) is 21.3. The second-order valence-corrected chi connectivity index (χ2v) is 11.8. The highest BCUT2D eigenvalue weighted by atomic mass is 32.1. The predicted octanol–water partition coefficient (Wildman–Crippen LogP) is 9.84. The Balaban J connectivity index is 1.26. The number of pyridine rings is 1. The van der Waals surface area contributed by atoms with Gasteiger partial charge in [0.05, 0.1) is 26.3 Å². The molecule has 5 heterocycles. The van der Waals surface area contributed by atoms with Crippen molar-refractivity contribution in [1.82, 2.24) is 15.0 Å². The van der Waals surface area contributed by atoms with Gasteiger partial charge in [0.25, 0.3) is 0 Å². The maximum Gasteiger partial charge on any atom is 0.135 e. The molecule has 6 heteroatoms. The minimum Gasteiger partial charge on any atom is -0.456 e. The molecule has 0 amide bonds. The van der Waals surface area contributed by atoms with E-state index in [1.165, 1.54) is 30.3 Å². The van der Waals surface area contributed by atoms with Crippen LogP contribution in [0.1, 0.15) is 0 Å². The van der Waals surface area contributed by atoms with Gasteiger partial charge in [0.2, 0.25) is 0 Å². The third-order valence-corrected chi connectivity index (χ3v) is 9.83. The summed E-state index contributed by atoms with van der Waals surface area (Å²) in [6, 6.07) is 31.8. The molecule has 4 nitrogen and oxygen atoms in total. The van der Waals surface area contributed by atoms with Gasteiger partial charge in [0.1, 0.15) is 17.5 Å². The Labute approximate surface area is 229 Å². The van der Waals surface area contributed by atoms with Gasteiger partial charge in [-0.3, -0.25) is 4.98 Å². The molecule has 0 fully saturated rings. The maximum atomic E-state index is 6.26. The van der Waals surface area contributed by atoms with Gasteiger partial charge in [0.15, 0.2) is 0 Å². The van der Waals surface area contributed by atoms with E-state index in [1.807, 2.05) is 6.20 Å². The Morgan fingerprint density at radius 3 is 1.92 bits per heavy atom. The van der Waals surface area contributed by atoms with Crippen molar-refractivity contribution in [2.24, 2.45) is 0 Å². The molecular weight excluding hydrogens is 519 g/mol. The number of furan rings is 1. The average Bonchev–Trinajstić information content (AvgIpc) is 3.67. The number of thiophene rings is 2. The molecule has 5 aromatic heterocycles. The Kier molecular flexibility index (Phi) is 4.33. The third-order valence-electron chi connectivity index (χ3n) is 7.47. The first-order chi connectivity index (χ1) is 19.3. The van der Waals surface area contributed by atoms with E-state index in [1.54, 1.807) is 29.0 Å². The van der Waals surface area contributed by atoms with Crippen LogP contribution in [0.15, 0.2) is 108 Å². The van der Waals surface area contributed by atoms with E-state index in [0.29, 0.717) is 0 Å². The minimum absolute atomic E-state index is 0.862. The maximum absolute atomic E-state index is 6.26. The molecular formula is C33H17N3OS2. The van der Waals surface area contributed by atoms with Crippen molar-refractivity contribution in [1.29, 1.82) is 0 Å². The zero-order valence-corrected chi connectivity index (χ0v) is 22.0. The molecule has 9 rings (SSSR count). The monoisotopic (exact) mass is 535 g/mol. The fourth-order valence-corrected chi connectivity index (χ4v) is 8.04. The molecule has 4 aromatic carbocycles. The first-order valence-electron chi connectivity index (χ1n) is 12.7. The van der Waals surface area contributed by atoms with E-state index >= 15 is 0 Å². The van der Waals surface area contributed by atoms with Crippen molar-refractivity contribution >= 4 is 85.1 Å². The minimum atomic E-state index is 0.862. The molecule has 9 aromatic rings. The second-order valence-electron chi connectivity index (χ2n) is 9.66. The molecule has 0 atom stereocenters. The number of aromatic nitrogens is 3. The van der Waals surface area contributed by atoms with E-state index in [0.717, 1.165) is 54.7 Å². The molecule has 0 spiro atoms. The van der Waals surface area contributed by atoms with Gasteiger partial charge in [-0.2, -0.15) is 0 Å². The summed E-state index contributed by atoms with van der Waals surface area (Å²) in [5.41, 5.74) is 6.82. The van der Waals surface area contributed by atoms with Crippen molar-refractivity contribution in [3.8, 4) is 22.5 Å². The Morgan fingerprint density at radius 2 is 1.15 bits per heavy atom. The number of rotatable bonds is 2. The molecule has 0 saturated heterocycles. The van der Waals surface area contributed by atoms with Crippen molar-refractivity contribution < 1.29 is 4.42 Å². The van der Waals surface area contributed by atoms with Gasteiger partial charge < -0.3 is 4.42 Å². The lowest BCUT2D eigenvalue weighted by Gasteiger charge is -2.04. The van der Waals surface area contributed by atoms with Crippen LogP contribution in [0.5, 0.6) is 0 Å². The van der Waals surface area contributed by atoms with Gasteiger partial charge >= 0.3 is 0 Å². The molecule has 182 valence electrons. The van der Waals surface area contributed by atoms with E-state index in [2.05, 4.69) is 96.0 Å². The summed E-state index contributed by atoms with van der Waals surface area (Å²) in [4.78, 5) is 14.2. The van der Waals surface area contributed by atoms with Crippen molar-refractivity contribution in [3.05, 3.63) is 104 Å². The van der Waals surface area contributed by atoms with Crippen LogP contribution in [-0.4, -0.2) is 15.0 Å². The molecule has 0 N–H and O–H groups in total. The summed E-state index contributed by atoms with van der Waals surface area (Å²) in [5.74, 6) is 0. The lowest BCUT2D eigenvalue weighted by molar-refractivity contribution is 0.669. The highest BCUT2D eigenvalue weighted by Crippen LogP contribution is 2.42. The van der Waals surface area contributed by atoms with Crippen LogP contribution in [0.4, 0.5) is 0 Å². The highest BCUT2D eigenvalue weighted by Gasteiger charge is 2.17. The van der Waals surface area contributed by atoms with Crippen LogP contribution in [0, 0.1) is 0 Å². The molecule has 0 bridgehead atoms. The fourth-order valence-electron chi connectivity index (χ4n) is 5.66. The lowest BCUT2D eigenvalue weighted by atomic mass is 10.0. The van der Waals surface area contributed by atoms with E-state index < -0.39 is 0 Å². The number of benzene rings is 4. The SMILES string of the molecule is c1ccc2c(c1)sc1c(-c3ccc4oc5ccc(-c6ncnc7c6sc6ccccc67)cc5c4c3)nccc12. The number of hydrogen-bond acceptors (Lipinski definition) is 6. The quantitative estimate of drug-likeness (QED) is 0.221. The fraction of sp³-hybridized carbons (Fsp3) is 0. The van der Waals surface area contributed by atoms with E-state index in [9.17, 15) is 0 Å². The van der Waals surface area contributed by atoms with Crippen LogP contribution in [0.25, 0.3) is 84.9 Å². The Morgan fingerprint density at radius 1 is 0.513 bits per heavy atom. The third kappa shape index (κ3) is 3.07. The predicted molar refractivity (Wildman–Crippen MR) is 164 cm³/mol. The molecule has 0 radical (unpaired) electrons. The van der Waals surface area contributed by atoms with Gasteiger partial charge in [0, 0.05) is 53.7 Å². The topological polar surface area (TPSA) is 51.8 Å². The van der Waals surface area contributed by atoms with Crippen LogP contribution in [0.2, 0.25) is 0 Å². The molecule has 0 aliphatic heterocycles. The van der Waals surface area contributed by atoms with Crippen LogP contribution < -0.4 is 0 Å². The molecule has 0 aliphatic rings. The largest absolute Gasteiger partial charge is 0.456 e. The summed E-state index contributed by atoms with van der Waals surface area (Å²) in [6.07, 6.45) is 3.59. The first-order valence-corrected chi connectivity index (χ1v) is 14.3. The summed E-state index contributed by atoms with van der Waals surface area (Å²) in [5, 5.41) is 5.84.